The zero-order valence-corrected chi connectivity index (χ0v) is 11.7. The normalized spacial score (nSPS) is 32.7. The standard InChI is InChI=1S/C12H19N3O2S/c1-8-7-9(15(2)3)10(16)11(17-8)18-12-13-5-4-6-14-12/h4-6,8-11,16H,7H2,1-3H3/t8-,9+,10-,11?/m1/s1. The predicted molar refractivity (Wildman–Crippen MR) is 70.3 cm³/mol. The van der Waals surface area contributed by atoms with Gasteiger partial charge < -0.3 is 14.7 Å². The van der Waals surface area contributed by atoms with Gasteiger partial charge in [-0.2, -0.15) is 0 Å². The molecule has 0 saturated carbocycles. The van der Waals surface area contributed by atoms with Gasteiger partial charge in [0.1, 0.15) is 11.5 Å². The van der Waals surface area contributed by atoms with E-state index in [4.69, 9.17) is 4.74 Å². The lowest BCUT2D eigenvalue weighted by Gasteiger charge is -2.40. The van der Waals surface area contributed by atoms with Crippen molar-refractivity contribution >= 4 is 11.8 Å². The fraction of sp³-hybridized carbons (Fsp3) is 0.667. The van der Waals surface area contributed by atoms with E-state index < -0.39 is 6.10 Å². The quantitative estimate of drug-likeness (QED) is 0.826. The molecule has 0 aliphatic carbocycles. The zero-order valence-electron chi connectivity index (χ0n) is 10.9. The SMILES string of the molecule is C[C@@H]1C[C@H](N(C)C)[C@@H](O)C(Sc2ncccn2)O1. The smallest absolute Gasteiger partial charge is 0.190 e. The topological polar surface area (TPSA) is 58.5 Å². The van der Waals surface area contributed by atoms with Crippen molar-refractivity contribution in [2.45, 2.75) is 42.2 Å². The highest BCUT2D eigenvalue weighted by Crippen LogP contribution is 2.32. The van der Waals surface area contributed by atoms with E-state index in [1.165, 1.54) is 11.8 Å². The van der Waals surface area contributed by atoms with Crippen molar-refractivity contribution in [1.29, 1.82) is 0 Å². The van der Waals surface area contributed by atoms with E-state index in [0.29, 0.717) is 5.16 Å². The lowest BCUT2D eigenvalue weighted by Crippen LogP contribution is -2.52. The molecule has 1 N–H and O–H groups in total. The van der Waals surface area contributed by atoms with Gasteiger partial charge >= 0.3 is 0 Å². The van der Waals surface area contributed by atoms with Gasteiger partial charge in [0, 0.05) is 18.4 Å². The minimum absolute atomic E-state index is 0.106. The molecule has 100 valence electrons. The van der Waals surface area contributed by atoms with Crippen molar-refractivity contribution in [2.24, 2.45) is 0 Å². The Balaban J connectivity index is 2.07. The monoisotopic (exact) mass is 269 g/mol. The Morgan fingerprint density at radius 3 is 2.67 bits per heavy atom. The number of nitrogens with zero attached hydrogens (tertiary/aromatic N) is 3. The van der Waals surface area contributed by atoms with Crippen molar-refractivity contribution < 1.29 is 9.84 Å². The fourth-order valence-corrected chi connectivity index (χ4v) is 3.11. The van der Waals surface area contributed by atoms with E-state index >= 15 is 0 Å². The molecular formula is C12H19N3O2S. The Kier molecular flexibility index (Phi) is 4.55. The molecule has 1 fully saturated rings. The third-order valence-corrected chi connectivity index (χ3v) is 4.08. The largest absolute Gasteiger partial charge is 0.388 e. The summed E-state index contributed by atoms with van der Waals surface area (Å²) in [4.78, 5) is 10.3. The van der Waals surface area contributed by atoms with Crippen molar-refractivity contribution in [1.82, 2.24) is 14.9 Å². The molecule has 1 aromatic heterocycles. The highest BCUT2D eigenvalue weighted by Gasteiger charge is 2.38. The molecule has 6 heteroatoms. The maximum atomic E-state index is 10.3. The van der Waals surface area contributed by atoms with Gasteiger partial charge in [-0.05, 0) is 33.5 Å². The third-order valence-electron chi connectivity index (χ3n) is 3.04. The van der Waals surface area contributed by atoms with Crippen LogP contribution in [0.2, 0.25) is 0 Å². The average Bonchev–Trinajstić information content (AvgIpc) is 2.34. The van der Waals surface area contributed by atoms with Crippen LogP contribution in [0.25, 0.3) is 0 Å². The van der Waals surface area contributed by atoms with Gasteiger partial charge in [0.2, 0.25) is 0 Å². The summed E-state index contributed by atoms with van der Waals surface area (Å²) in [5, 5.41) is 11.0. The molecule has 0 radical (unpaired) electrons. The van der Waals surface area contributed by atoms with Crippen LogP contribution in [0.1, 0.15) is 13.3 Å². The van der Waals surface area contributed by atoms with Crippen LogP contribution in [0.5, 0.6) is 0 Å². The number of ether oxygens (including phenoxy) is 1. The summed E-state index contributed by atoms with van der Waals surface area (Å²) < 4.78 is 5.79. The first-order chi connectivity index (χ1) is 8.58. The summed E-state index contributed by atoms with van der Waals surface area (Å²) in [5.41, 5.74) is -0.316. The van der Waals surface area contributed by atoms with Gasteiger partial charge in [-0.3, -0.25) is 0 Å². The van der Waals surface area contributed by atoms with Crippen molar-refractivity contribution in [2.75, 3.05) is 14.1 Å². The van der Waals surface area contributed by atoms with Crippen LogP contribution in [-0.4, -0.2) is 57.8 Å². The second-order valence-electron chi connectivity index (χ2n) is 4.72. The summed E-state index contributed by atoms with van der Waals surface area (Å²) in [5.74, 6) is 0. The first kappa shape index (κ1) is 13.7. The number of likely N-dealkylation sites (N-methyl/N-ethyl adjacent to an activating group) is 1. The van der Waals surface area contributed by atoms with E-state index in [2.05, 4.69) is 9.97 Å². The highest BCUT2D eigenvalue weighted by molar-refractivity contribution is 7.99. The van der Waals surface area contributed by atoms with Gasteiger partial charge in [0.25, 0.3) is 0 Å². The molecule has 2 heterocycles. The molecule has 0 aromatic carbocycles. The Morgan fingerprint density at radius 2 is 2.06 bits per heavy atom. The van der Waals surface area contributed by atoms with E-state index in [9.17, 15) is 5.11 Å². The summed E-state index contributed by atoms with van der Waals surface area (Å²) in [7, 11) is 3.96. The van der Waals surface area contributed by atoms with Crippen LogP contribution in [0.3, 0.4) is 0 Å². The van der Waals surface area contributed by atoms with Crippen molar-refractivity contribution in [3.8, 4) is 0 Å². The first-order valence-corrected chi connectivity index (χ1v) is 6.89. The highest BCUT2D eigenvalue weighted by atomic mass is 32.2. The minimum Gasteiger partial charge on any atom is -0.388 e. The van der Waals surface area contributed by atoms with Crippen LogP contribution in [0, 0.1) is 0 Å². The maximum Gasteiger partial charge on any atom is 0.190 e. The van der Waals surface area contributed by atoms with E-state index in [0.717, 1.165) is 6.42 Å². The van der Waals surface area contributed by atoms with E-state index in [1.54, 1.807) is 18.5 Å². The number of aliphatic hydroxyl groups is 1. The van der Waals surface area contributed by atoms with Crippen LogP contribution in [0.15, 0.2) is 23.6 Å². The molecule has 1 saturated heterocycles. The molecule has 1 unspecified atom stereocenters. The molecule has 0 amide bonds. The molecular weight excluding hydrogens is 250 g/mol. The average molecular weight is 269 g/mol. The second-order valence-corrected chi connectivity index (χ2v) is 5.79. The van der Waals surface area contributed by atoms with Gasteiger partial charge in [-0.25, -0.2) is 9.97 Å². The summed E-state index contributed by atoms with van der Waals surface area (Å²) in [6, 6.07) is 1.88. The number of thioether (sulfide) groups is 1. The summed E-state index contributed by atoms with van der Waals surface area (Å²) in [6.45, 7) is 2.03. The lowest BCUT2D eigenvalue weighted by atomic mass is 10.0. The number of aliphatic hydroxyl groups excluding tert-OH is 1. The Labute approximate surface area is 112 Å². The third kappa shape index (κ3) is 3.20. The van der Waals surface area contributed by atoms with Crippen LogP contribution in [-0.2, 0) is 4.74 Å². The summed E-state index contributed by atoms with van der Waals surface area (Å²) in [6.07, 6.45) is 3.81. The molecule has 18 heavy (non-hydrogen) atoms. The molecule has 5 nitrogen and oxygen atoms in total. The molecule has 4 atom stereocenters. The Morgan fingerprint density at radius 1 is 1.39 bits per heavy atom. The Bertz CT molecular complexity index is 377. The van der Waals surface area contributed by atoms with Crippen molar-refractivity contribution in [3.05, 3.63) is 18.5 Å². The zero-order chi connectivity index (χ0) is 13.1. The first-order valence-electron chi connectivity index (χ1n) is 6.01. The van der Waals surface area contributed by atoms with Gasteiger partial charge in [0.15, 0.2) is 5.16 Å². The minimum atomic E-state index is -0.537. The Hall–Kier alpha value is -0.690. The van der Waals surface area contributed by atoms with Gasteiger partial charge in [-0.15, -0.1) is 0 Å². The van der Waals surface area contributed by atoms with E-state index in [1.807, 2.05) is 25.9 Å². The number of hydrogen-bond donors (Lipinski definition) is 1. The van der Waals surface area contributed by atoms with Gasteiger partial charge in [0.05, 0.1) is 6.10 Å². The van der Waals surface area contributed by atoms with Gasteiger partial charge in [-0.1, -0.05) is 11.8 Å². The summed E-state index contributed by atoms with van der Waals surface area (Å²) >= 11 is 1.38. The van der Waals surface area contributed by atoms with Crippen LogP contribution in [0.4, 0.5) is 0 Å². The molecule has 0 bridgehead atoms. The van der Waals surface area contributed by atoms with Crippen LogP contribution >= 0.6 is 11.8 Å². The molecule has 1 aliphatic heterocycles. The second kappa shape index (κ2) is 5.97. The molecule has 2 rings (SSSR count). The van der Waals surface area contributed by atoms with Crippen molar-refractivity contribution in [3.63, 3.8) is 0 Å². The maximum absolute atomic E-state index is 10.3. The fourth-order valence-electron chi connectivity index (χ4n) is 2.09. The molecule has 1 aliphatic rings. The van der Waals surface area contributed by atoms with Crippen LogP contribution < -0.4 is 0 Å². The lowest BCUT2D eigenvalue weighted by molar-refractivity contribution is -0.104. The molecule has 0 spiro atoms. The molecule has 1 aromatic rings. The number of aromatic nitrogens is 2. The number of rotatable bonds is 3. The number of hydrogen-bond acceptors (Lipinski definition) is 6. The van der Waals surface area contributed by atoms with E-state index in [-0.39, 0.29) is 17.6 Å². The predicted octanol–water partition coefficient (Wildman–Crippen LogP) is 0.995.